The molecule has 2 N–H and O–H groups in total. The van der Waals surface area contributed by atoms with E-state index < -0.39 is 0 Å². The number of halogens is 1. The summed E-state index contributed by atoms with van der Waals surface area (Å²) in [5.74, 6) is 0.888. The first-order valence-electron chi connectivity index (χ1n) is 7.87. The summed E-state index contributed by atoms with van der Waals surface area (Å²) in [7, 11) is 0. The van der Waals surface area contributed by atoms with Gasteiger partial charge in [0.2, 0.25) is 0 Å². The number of hydrogen-bond acceptors (Lipinski definition) is 2. The monoisotopic (exact) mass is 294 g/mol. The fourth-order valence-corrected chi connectivity index (χ4v) is 3.51. The molecule has 3 heteroatoms. The Labute approximate surface area is 128 Å². The van der Waals surface area contributed by atoms with Crippen molar-refractivity contribution in [3.8, 4) is 0 Å². The van der Waals surface area contributed by atoms with E-state index in [4.69, 9.17) is 17.3 Å². The minimum absolute atomic E-state index is 0.134. The van der Waals surface area contributed by atoms with Crippen LogP contribution < -0.4 is 5.73 Å². The minimum Gasteiger partial charge on any atom is -0.326 e. The zero-order chi connectivity index (χ0) is 14.5. The molecule has 112 valence electrons. The van der Waals surface area contributed by atoms with Crippen LogP contribution >= 0.6 is 11.6 Å². The fourth-order valence-electron chi connectivity index (χ4n) is 3.38. The average Bonchev–Trinajstić information content (AvgIpc) is 2.66. The van der Waals surface area contributed by atoms with Crippen LogP contribution in [-0.4, -0.2) is 24.0 Å². The second kappa shape index (κ2) is 7.44. The quantitative estimate of drug-likeness (QED) is 0.900. The van der Waals surface area contributed by atoms with Gasteiger partial charge in [-0.2, -0.15) is 0 Å². The van der Waals surface area contributed by atoms with Crippen molar-refractivity contribution in [3.63, 3.8) is 0 Å². The van der Waals surface area contributed by atoms with E-state index in [0.717, 1.165) is 24.0 Å². The molecular weight excluding hydrogens is 268 g/mol. The van der Waals surface area contributed by atoms with Crippen molar-refractivity contribution in [2.75, 3.05) is 13.1 Å². The lowest BCUT2D eigenvalue weighted by molar-refractivity contribution is 0.181. The van der Waals surface area contributed by atoms with Gasteiger partial charge in [-0.25, -0.2) is 0 Å². The van der Waals surface area contributed by atoms with Crippen molar-refractivity contribution in [2.24, 2.45) is 11.7 Å². The third-order valence-corrected chi connectivity index (χ3v) is 4.81. The average molecular weight is 295 g/mol. The van der Waals surface area contributed by atoms with Crippen molar-refractivity contribution < 1.29 is 0 Å². The maximum Gasteiger partial charge on any atom is 0.0496 e. The maximum absolute atomic E-state index is 6.28. The molecule has 20 heavy (non-hydrogen) atoms. The molecule has 1 heterocycles. The lowest BCUT2D eigenvalue weighted by atomic mass is 9.97. The molecule has 1 aliphatic rings. The molecule has 1 fully saturated rings. The van der Waals surface area contributed by atoms with Crippen LogP contribution in [0.5, 0.6) is 0 Å². The molecule has 0 amide bonds. The molecule has 0 spiro atoms. The van der Waals surface area contributed by atoms with E-state index in [2.05, 4.69) is 30.9 Å². The van der Waals surface area contributed by atoms with Gasteiger partial charge in [-0.3, -0.25) is 4.90 Å². The summed E-state index contributed by atoms with van der Waals surface area (Å²) in [5.41, 5.74) is 7.57. The van der Waals surface area contributed by atoms with Crippen LogP contribution in [0, 0.1) is 5.92 Å². The lowest BCUT2D eigenvalue weighted by Crippen LogP contribution is -2.40. The Kier molecular flexibility index (Phi) is 5.88. The first-order valence-corrected chi connectivity index (χ1v) is 8.24. The molecule has 0 bridgehead atoms. The molecule has 1 aromatic rings. The summed E-state index contributed by atoms with van der Waals surface area (Å²) >= 11 is 6.00. The van der Waals surface area contributed by atoms with Crippen molar-refractivity contribution >= 4 is 11.6 Å². The molecule has 3 unspecified atom stereocenters. The standard InChI is InChI=1S/C17H27ClN2/c1-3-14-5-4-11-20(12-10-14)17(13(2)19)15-6-8-16(18)9-7-15/h6-9,13-14,17H,3-5,10-12,19H2,1-2H3. The van der Waals surface area contributed by atoms with E-state index >= 15 is 0 Å². The van der Waals surface area contributed by atoms with Crippen LogP contribution in [0.1, 0.15) is 51.1 Å². The Bertz CT molecular complexity index is 402. The highest BCUT2D eigenvalue weighted by Crippen LogP contribution is 2.29. The summed E-state index contributed by atoms with van der Waals surface area (Å²) in [5, 5.41) is 0.791. The number of likely N-dealkylation sites (tertiary alicyclic amines) is 1. The van der Waals surface area contributed by atoms with Crippen LogP contribution in [0.4, 0.5) is 0 Å². The second-order valence-electron chi connectivity index (χ2n) is 6.10. The molecule has 2 rings (SSSR count). The zero-order valence-corrected chi connectivity index (χ0v) is 13.4. The first kappa shape index (κ1) is 15.8. The molecule has 1 aromatic carbocycles. The molecule has 1 aliphatic heterocycles. The highest BCUT2D eigenvalue weighted by Gasteiger charge is 2.26. The van der Waals surface area contributed by atoms with Gasteiger partial charge in [0, 0.05) is 17.1 Å². The normalized spacial score (nSPS) is 24.1. The third kappa shape index (κ3) is 3.97. The highest BCUT2D eigenvalue weighted by molar-refractivity contribution is 6.30. The van der Waals surface area contributed by atoms with Crippen molar-refractivity contribution in [1.82, 2.24) is 4.90 Å². The van der Waals surface area contributed by atoms with E-state index in [-0.39, 0.29) is 6.04 Å². The number of nitrogens with zero attached hydrogens (tertiary/aromatic N) is 1. The summed E-state index contributed by atoms with van der Waals surface area (Å²) in [4.78, 5) is 2.57. The Balaban J connectivity index is 2.14. The van der Waals surface area contributed by atoms with Crippen LogP contribution in [0.3, 0.4) is 0 Å². The van der Waals surface area contributed by atoms with Gasteiger partial charge in [0.05, 0.1) is 0 Å². The van der Waals surface area contributed by atoms with Crippen molar-refractivity contribution in [1.29, 1.82) is 0 Å². The first-order chi connectivity index (χ1) is 9.61. The van der Waals surface area contributed by atoms with Gasteiger partial charge in [0.25, 0.3) is 0 Å². The van der Waals surface area contributed by atoms with Crippen LogP contribution in [-0.2, 0) is 0 Å². The van der Waals surface area contributed by atoms with Gasteiger partial charge in [0.1, 0.15) is 0 Å². The molecule has 3 atom stereocenters. The van der Waals surface area contributed by atoms with Gasteiger partial charge in [-0.1, -0.05) is 37.1 Å². The second-order valence-corrected chi connectivity index (χ2v) is 6.53. The molecule has 0 radical (unpaired) electrons. The lowest BCUT2D eigenvalue weighted by Gasteiger charge is -2.34. The Hall–Kier alpha value is -0.570. The summed E-state index contributed by atoms with van der Waals surface area (Å²) in [6.45, 7) is 6.74. The van der Waals surface area contributed by atoms with Gasteiger partial charge in [-0.15, -0.1) is 0 Å². The largest absolute Gasteiger partial charge is 0.326 e. The van der Waals surface area contributed by atoms with Crippen LogP contribution in [0.2, 0.25) is 5.02 Å². The summed E-state index contributed by atoms with van der Waals surface area (Å²) in [6.07, 6.45) is 5.25. The van der Waals surface area contributed by atoms with Crippen LogP contribution in [0.25, 0.3) is 0 Å². The molecule has 0 aromatic heterocycles. The number of hydrogen-bond donors (Lipinski definition) is 1. The molecular formula is C17H27ClN2. The van der Waals surface area contributed by atoms with Crippen molar-refractivity contribution in [3.05, 3.63) is 34.9 Å². The Morgan fingerprint density at radius 3 is 2.55 bits per heavy atom. The van der Waals surface area contributed by atoms with Gasteiger partial charge >= 0.3 is 0 Å². The number of benzene rings is 1. The molecule has 0 saturated carbocycles. The highest BCUT2D eigenvalue weighted by atomic mass is 35.5. The zero-order valence-electron chi connectivity index (χ0n) is 12.7. The fraction of sp³-hybridized carbons (Fsp3) is 0.647. The predicted octanol–water partition coefficient (Wildman–Crippen LogP) is 4.24. The minimum atomic E-state index is 0.134. The van der Waals surface area contributed by atoms with E-state index in [9.17, 15) is 0 Å². The smallest absolute Gasteiger partial charge is 0.0496 e. The predicted molar refractivity (Wildman–Crippen MR) is 87.0 cm³/mol. The summed E-state index contributed by atoms with van der Waals surface area (Å²) < 4.78 is 0. The van der Waals surface area contributed by atoms with Crippen LogP contribution in [0.15, 0.2) is 24.3 Å². The number of rotatable bonds is 4. The van der Waals surface area contributed by atoms with E-state index in [1.165, 1.54) is 31.2 Å². The summed E-state index contributed by atoms with van der Waals surface area (Å²) in [6, 6.07) is 8.63. The Morgan fingerprint density at radius 1 is 1.25 bits per heavy atom. The number of nitrogens with two attached hydrogens (primary N) is 1. The SMILES string of the molecule is CCC1CCCN(C(c2ccc(Cl)cc2)C(C)N)CC1. The maximum atomic E-state index is 6.28. The van der Waals surface area contributed by atoms with E-state index in [1.807, 2.05) is 12.1 Å². The van der Waals surface area contributed by atoms with Crippen molar-refractivity contribution in [2.45, 2.75) is 51.6 Å². The van der Waals surface area contributed by atoms with Gasteiger partial charge < -0.3 is 5.73 Å². The molecule has 2 nitrogen and oxygen atoms in total. The Morgan fingerprint density at radius 2 is 1.95 bits per heavy atom. The van der Waals surface area contributed by atoms with Gasteiger partial charge in [0.15, 0.2) is 0 Å². The third-order valence-electron chi connectivity index (χ3n) is 4.56. The molecule has 0 aliphatic carbocycles. The van der Waals surface area contributed by atoms with E-state index in [1.54, 1.807) is 0 Å². The van der Waals surface area contributed by atoms with E-state index in [0.29, 0.717) is 6.04 Å². The molecule has 1 saturated heterocycles. The van der Waals surface area contributed by atoms with Gasteiger partial charge in [-0.05, 0) is 62.9 Å². The topological polar surface area (TPSA) is 29.3 Å².